The molecule has 10 heteroatoms. The topological polar surface area (TPSA) is 69.0 Å². The third kappa shape index (κ3) is 6.25. The highest BCUT2D eigenvalue weighted by atomic mass is 32.2. The van der Waals surface area contributed by atoms with E-state index in [-0.39, 0.29) is 0 Å². The number of amides is 1. The Labute approximate surface area is 188 Å². The minimum absolute atomic E-state index is 0.441. The lowest BCUT2D eigenvalue weighted by atomic mass is 10.1. The highest BCUT2D eigenvalue weighted by Gasteiger charge is 2.29. The molecule has 1 atom stereocenters. The fourth-order valence-corrected chi connectivity index (χ4v) is 3.93. The number of benzene rings is 2. The van der Waals surface area contributed by atoms with Gasteiger partial charge in [-0.1, -0.05) is 54.2 Å². The van der Waals surface area contributed by atoms with Crippen molar-refractivity contribution in [1.29, 1.82) is 0 Å². The lowest BCUT2D eigenvalue weighted by molar-refractivity contribution is -0.137. The molecule has 1 aromatic heterocycles. The zero-order valence-electron chi connectivity index (χ0n) is 17.6. The van der Waals surface area contributed by atoms with E-state index < -0.39 is 23.9 Å². The number of thioether (sulfide) groups is 1. The Kier molecular flexibility index (Phi) is 7.79. The van der Waals surface area contributed by atoms with Crippen LogP contribution in [-0.2, 0) is 17.8 Å². The predicted octanol–water partition coefficient (Wildman–Crippen LogP) is 4.36. The summed E-state index contributed by atoms with van der Waals surface area (Å²) in [5.74, 6) is 0.459. The molecule has 1 unspecified atom stereocenters. The lowest BCUT2D eigenvalue weighted by Crippen LogP contribution is -2.38. The fraction of sp³-hybridized carbons (Fsp3) is 0.318. The number of alkyl halides is 3. The van der Waals surface area contributed by atoms with Crippen molar-refractivity contribution in [2.24, 2.45) is 0 Å². The molecule has 170 valence electrons. The maximum absolute atomic E-state index is 12.4. The molecular formula is C22H23F3N4O2S. The predicted molar refractivity (Wildman–Crippen MR) is 117 cm³/mol. The van der Waals surface area contributed by atoms with Gasteiger partial charge in [-0.25, -0.2) is 0 Å². The van der Waals surface area contributed by atoms with E-state index in [1.165, 1.54) is 6.92 Å². The van der Waals surface area contributed by atoms with Crippen LogP contribution in [0.4, 0.5) is 13.2 Å². The van der Waals surface area contributed by atoms with Gasteiger partial charge in [0.25, 0.3) is 0 Å². The number of carbonyl (C=O) groups excluding carboxylic acids is 1. The molecule has 0 spiro atoms. The average Bonchev–Trinajstić information content (AvgIpc) is 3.18. The first-order chi connectivity index (χ1) is 15.3. The van der Waals surface area contributed by atoms with Crippen LogP contribution in [0.3, 0.4) is 0 Å². The summed E-state index contributed by atoms with van der Waals surface area (Å²) in [7, 11) is 1.56. The normalized spacial score (nSPS) is 12.4. The van der Waals surface area contributed by atoms with Crippen LogP contribution < -0.4 is 10.1 Å². The van der Waals surface area contributed by atoms with Crippen LogP contribution in [0.15, 0.2) is 59.8 Å². The zero-order chi connectivity index (χ0) is 23.1. The van der Waals surface area contributed by atoms with Crippen LogP contribution >= 0.6 is 11.8 Å². The number of halogens is 3. The van der Waals surface area contributed by atoms with Gasteiger partial charge in [-0.15, -0.1) is 10.2 Å². The van der Waals surface area contributed by atoms with Crippen LogP contribution in [0.5, 0.6) is 5.75 Å². The van der Waals surface area contributed by atoms with Crippen LogP contribution in [0.25, 0.3) is 11.4 Å². The number of rotatable bonds is 9. The molecule has 0 saturated carbocycles. The van der Waals surface area contributed by atoms with Crippen molar-refractivity contribution in [3.63, 3.8) is 0 Å². The second kappa shape index (κ2) is 10.5. The number of ether oxygens (including phenoxy) is 1. The molecule has 2 aromatic carbocycles. The molecule has 1 heterocycles. The number of nitrogens with one attached hydrogen (secondary N) is 1. The first kappa shape index (κ1) is 23.6. The van der Waals surface area contributed by atoms with Gasteiger partial charge >= 0.3 is 6.18 Å². The van der Waals surface area contributed by atoms with Crippen molar-refractivity contribution in [3.8, 4) is 17.1 Å². The Morgan fingerprint density at radius 2 is 1.81 bits per heavy atom. The Morgan fingerprint density at radius 1 is 1.12 bits per heavy atom. The van der Waals surface area contributed by atoms with E-state index in [9.17, 15) is 18.0 Å². The van der Waals surface area contributed by atoms with Crippen molar-refractivity contribution in [2.45, 2.75) is 36.5 Å². The van der Waals surface area contributed by atoms with Crippen molar-refractivity contribution < 1.29 is 22.7 Å². The van der Waals surface area contributed by atoms with Gasteiger partial charge in [0.05, 0.1) is 17.9 Å². The number of aromatic nitrogens is 3. The van der Waals surface area contributed by atoms with Gasteiger partial charge in [0.2, 0.25) is 5.91 Å². The minimum Gasteiger partial charge on any atom is -0.496 e. The SMILES string of the molecule is COc1ccccc1-c1nnc(SC(C)C(=O)NCC(F)(F)F)n1CCc1ccccc1. The Hall–Kier alpha value is -3.01. The summed E-state index contributed by atoms with van der Waals surface area (Å²) in [6.07, 6.45) is -3.78. The van der Waals surface area contributed by atoms with Gasteiger partial charge in [0.15, 0.2) is 11.0 Å². The summed E-state index contributed by atoms with van der Waals surface area (Å²) in [5.41, 5.74) is 1.84. The summed E-state index contributed by atoms with van der Waals surface area (Å²) in [4.78, 5) is 12.2. The van der Waals surface area contributed by atoms with Crippen LogP contribution in [0, 0.1) is 0 Å². The Balaban J connectivity index is 1.86. The summed E-state index contributed by atoms with van der Waals surface area (Å²) in [5, 5.41) is 10.1. The zero-order valence-corrected chi connectivity index (χ0v) is 18.4. The number of carbonyl (C=O) groups is 1. The summed E-state index contributed by atoms with van der Waals surface area (Å²) in [6, 6.07) is 17.2. The van der Waals surface area contributed by atoms with Crippen LogP contribution in [0.1, 0.15) is 12.5 Å². The highest BCUT2D eigenvalue weighted by Crippen LogP contribution is 2.32. The molecular weight excluding hydrogens is 441 g/mol. The number of para-hydroxylation sites is 1. The average molecular weight is 465 g/mol. The van der Waals surface area contributed by atoms with E-state index in [2.05, 4.69) is 10.2 Å². The van der Waals surface area contributed by atoms with Crippen LogP contribution in [0.2, 0.25) is 0 Å². The van der Waals surface area contributed by atoms with E-state index in [0.717, 1.165) is 22.9 Å². The van der Waals surface area contributed by atoms with Gasteiger partial charge in [0, 0.05) is 6.54 Å². The minimum atomic E-state index is -4.47. The molecule has 32 heavy (non-hydrogen) atoms. The Bertz CT molecular complexity index is 1040. The summed E-state index contributed by atoms with van der Waals surface area (Å²) in [6.45, 7) is 0.683. The van der Waals surface area contributed by atoms with Crippen molar-refractivity contribution >= 4 is 17.7 Å². The van der Waals surface area contributed by atoms with E-state index in [4.69, 9.17) is 4.74 Å². The number of hydrogen-bond donors (Lipinski definition) is 1. The first-order valence-corrected chi connectivity index (χ1v) is 10.8. The molecule has 0 aliphatic rings. The molecule has 0 aliphatic carbocycles. The van der Waals surface area contributed by atoms with Crippen molar-refractivity contribution in [2.75, 3.05) is 13.7 Å². The summed E-state index contributed by atoms with van der Waals surface area (Å²) < 4.78 is 44.6. The standard InChI is InChI=1S/C22H23F3N4O2S/c1-15(20(30)26-14-22(23,24)25)32-21-28-27-19(17-10-6-7-11-18(17)31-2)29(21)13-12-16-8-4-3-5-9-16/h3-11,15H,12-14H2,1-2H3,(H,26,30). The molecule has 0 radical (unpaired) electrons. The smallest absolute Gasteiger partial charge is 0.405 e. The van der Waals surface area contributed by atoms with Crippen LogP contribution in [-0.4, -0.2) is 45.8 Å². The molecule has 0 fully saturated rings. The van der Waals surface area contributed by atoms with E-state index in [1.807, 2.05) is 64.5 Å². The maximum atomic E-state index is 12.4. The number of aryl methyl sites for hydroxylation is 1. The summed E-state index contributed by atoms with van der Waals surface area (Å²) >= 11 is 1.06. The Morgan fingerprint density at radius 3 is 2.50 bits per heavy atom. The fourth-order valence-electron chi connectivity index (χ4n) is 3.03. The monoisotopic (exact) mass is 464 g/mol. The molecule has 0 bridgehead atoms. The number of hydrogen-bond acceptors (Lipinski definition) is 5. The van der Waals surface area contributed by atoms with Crippen molar-refractivity contribution in [1.82, 2.24) is 20.1 Å². The molecule has 1 amide bonds. The third-order valence-electron chi connectivity index (χ3n) is 4.65. The lowest BCUT2D eigenvalue weighted by Gasteiger charge is -2.15. The van der Waals surface area contributed by atoms with E-state index in [1.54, 1.807) is 7.11 Å². The van der Waals surface area contributed by atoms with E-state index in [0.29, 0.717) is 29.7 Å². The molecule has 1 N–H and O–H groups in total. The van der Waals surface area contributed by atoms with Gasteiger partial charge in [-0.2, -0.15) is 13.2 Å². The van der Waals surface area contributed by atoms with Gasteiger partial charge in [0.1, 0.15) is 12.3 Å². The molecule has 6 nitrogen and oxygen atoms in total. The number of methoxy groups -OCH3 is 1. The molecule has 3 aromatic rings. The highest BCUT2D eigenvalue weighted by molar-refractivity contribution is 8.00. The van der Waals surface area contributed by atoms with Gasteiger partial charge in [-0.3, -0.25) is 4.79 Å². The quantitative estimate of drug-likeness (QED) is 0.477. The second-order valence-corrected chi connectivity index (χ2v) is 8.29. The van der Waals surface area contributed by atoms with Gasteiger partial charge < -0.3 is 14.6 Å². The third-order valence-corrected chi connectivity index (χ3v) is 5.73. The molecule has 3 rings (SSSR count). The van der Waals surface area contributed by atoms with E-state index >= 15 is 0 Å². The first-order valence-electron chi connectivity index (χ1n) is 9.90. The molecule has 0 aliphatic heterocycles. The second-order valence-electron chi connectivity index (χ2n) is 6.99. The number of nitrogens with zero attached hydrogens (tertiary/aromatic N) is 3. The van der Waals surface area contributed by atoms with Crippen molar-refractivity contribution in [3.05, 3.63) is 60.2 Å². The van der Waals surface area contributed by atoms with Gasteiger partial charge in [-0.05, 0) is 31.0 Å². The molecule has 0 saturated heterocycles. The maximum Gasteiger partial charge on any atom is 0.405 e. The largest absolute Gasteiger partial charge is 0.496 e.